The lowest BCUT2D eigenvalue weighted by Crippen LogP contribution is -2.78. The molecule has 0 saturated carbocycles. The Morgan fingerprint density at radius 2 is 2.17 bits per heavy atom. The summed E-state index contributed by atoms with van der Waals surface area (Å²) < 4.78 is 0. The average Bonchev–Trinajstić information content (AvgIpc) is 1.97. The molecule has 70 valence electrons. The van der Waals surface area contributed by atoms with Crippen molar-refractivity contribution in [2.24, 2.45) is 17.4 Å². The molecule has 0 bridgehead atoms. The van der Waals surface area contributed by atoms with Crippen molar-refractivity contribution in [1.29, 1.82) is 0 Å². The number of guanidine groups is 1. The Hall–Kier alpha value is -1.26. The van der Waals surface area contributed by atoms with Crippen LogP contribution in [0.2, 0.25) is 0 Å². The fourth-order valence-electron chi connectivity index (χ4n) is 0.764. The summed E-state index contributed by atoms with van der Waals surface area (Å²) in [5.74, 6) is -0.886. The van der Waals surface area contributed by atoms with Crippen LogP contribution in [0.5, 0.6) is 0 Å². The summed E-state index contributed by atoms with van der Waals surface area (Å²) in [7, 11) is 0. The second kappa shape index (κ2) is 5.40. The van der Waals surface area contributed by atoms with E-state index in [9.17, 15) is 4.79 Å². The minimum atomic E-state index is -0.764. The number of nitrogens with one attached hydrogen (secondary N) is 1. The highest BCUT2D eigenvalue weighted by Gasteiger charge is 2.09. The van der Waals surface area contributed by atoms with E-state index in [4.69, 9.17) is 16.6 Å². The summed E-state index contributed by atoms with van der Waals surface area (Å²) in [6.45, 7) is 2.30. The van der Waals surface area contributed by atoms with Crippen LogP contribution < -0.4 is 16.5 Å². The molecule has 1 unspecified atom stereocenters. The Bertz CT molecular complexity index is 175. The highest BCUT2D eigenvalue weighted by molar-refractivity contribution is 5.69. The molecule has 0 aliphatic carbocycles. The van der Waals surface area contributed by atoms with Crippen LogP contribution in [-0.2, 0) is 4.79 Å². The van der Waals surface area contributed by atoms with E-state index in [-0.39, 0.29) is 11.9 Å². The molecule has 0 aliphatic heterocycles. The van der Waals surface area contributed by atoms with Gasteiger partial charge in [0, 0.05) is 0 Å². The quantitative estimate of drug-likeness (QED) is 0.216. The number of hydrogen-bond donors (Lipinski definition) is 4. The Labute approximate surface area is 71.5 Å². The van der Waals surface area contributed by atoms with Crippen LogP contribution in [0, 0.1) is 5.92 Å². The van der Waals surface area contributed by atoms with E-state index in [1.807, 2.05) is 0 Å². The predicted octanol–water partition coefficient (Wildman–Crippen LogP) is -2.16. The van der Waals surface area contributed by atoms with Gasteiger partial charge in [-0.1, -0.05) is 6.92 Å². The van der Waals surface area contributed by atoms with Crippen molar-refractivity contribution in [3.8, 4) is 0 Å². The number of hydrogen-bond acceptors (Lipinski definition) is 1. The van der Waals surface area contributed by atoms with Gasteiger partial charge in [-0.25, -0.2) is 0 Å². The number of rotatable bonds is 5. The van der Waals surface area contributed by atoms with E-state index in [0.717, 1.165) is 6.42 Å². The highest BCUT2D eigenvalue weighted by atomic mass is 16.4. The lowest BCUT2D eigenvalue weighted by molar-refractivity contribution is -0.459. The first-order valence-electron chi connectivity index (χ1n) is 3.88. The molecule has 0 fully saturated rings. The highest BCUT2D eigenvalue weighted by Crippen LogP contribution is 2.02. The third-order valence-corrected chi connectivity index (χ3v) is 1.56. The second-order valence-electron chi connectivity index (χ2n) is 2.76. The molecule has 0 rings (SSSR count). The smallest absolute Gasteiger partial charge is 0.338 e. The maximum Gasteiger partial charge on any atom is 0.338 e. The Balaban J connectivity index is 3.44. The number of aliphatic carboxylic acids is 1. The molecule has 0 heterocycles. The number of carboxylic acid groups (broad SMARTS) is 1. The van der Waals surface area contributed by atoms with Crippen molar-refractivity contribution < 1.29 is 14.9 Å². The van der Waals surface area contributed by atoms with Crippen molar-refractivity contribution in [1.82, 2.24) is 0 Å². The minimum Gasteiger partial charge on any atom is -0.481 e. The van der Waals surface area contributed by atoms with Gasteiger partial charge in [-0.2, -0.15) is 0 Å². The first kappa shape index (κ1) is 10.7. The van der Waals surface area contributed by atoms with Gasteiger partial charge < -0.3 is 5.11 Å². The van der Waals surface area contributed by atoms with Crippen molar-refractivity contribution >= 4 is 11.9 Å². The van der Waals surface area contributed by atoms with E-state index in [0.29, 0.717) is 13.0 Å². The summed E-state index contributed by atoms with van der Waals surface area (Å²) in [5, 5.41) is 8.52. The average molecular weight is 174 g/mol. The topological polar surface area (TPSA) is 103 Å². The van der Waals surface area contributed by atoms with E-state index in [1.165, 1.54) is 0 Å². The van der Waals surface area contributed by atoms with Crippen LogP contribution in [0.1, 0.15) is 19.8 Å². The summed E-state index contributed by atoms with van der Waals surface area (Å²) in [6.07, 6.45) is 1.39. The number of carbonyl (C=O) groups is 1. The lowest BCUT2D eigenvalue weighted by Gasteiger charge is -2.02. The summed E-state index contributed by atoms with van der Waals surface area (Å²) >= 11 is 0. The molecular formula is C7H16N3O2+. The van der Waals surface area contributed by atoms with Crippen molar-refractivity contribution in [2.75, 3.05) is 6.54 Å². The summed E-state index contributed by atoms with van der Waals surface area (Å²) in [5.41, 5.74) is 10.3. The van der Waals surface area contributed by atoms with Crippen molar-refractivity contribution in [3.05, 3.63) is 0 Å². The Morgan fingerprint density at radius 3 is 2.58 bits per heavy atom. The summed E-state index contributed by atoms with van der Waals surface area (Å²) in [4.78, 5) is 13.1. The fraction of sp³-hybridized carbons (Fsp3) is 0.714. The van der Waals surface area contributed by atoms with Gasteiger partial charge in [-0.3, -0.25) is 21.3 Å². The van der Waals surface area contributed by atoms with Gasteiger partial charge >= 0.3 is 11.9 Å². The van der Waals surface area contributed by atoms with Crippen LogP contribution in [0.3, 0.4) is 0 Å². The fourth-order valence-corrected chi connectivity index (χ4v) is 0.764. The molecule has 0 spiro atoms. The number of carboxylic acids is 1. The lowest BCUT2D eigenvalue weighted by atomic mass is 10.1. The largest absolute Gasteiger partial charge is 0.481 e. The van der Waals surface area contributed by atoms with E-state index < -0.39 is 5.97 Å². The predicted molar refractivity (Wildman–Crippen MR) is 45.2 cm³/mol. The van der Waals surface area contributed by atoms with Crippen LogP contribution in [0.15, 0.2) is 0 Å². The molecule has 12 heavy (non-hydrogen) atoms. The monoisotopic (exact) mass is 174 g/mol. The molecule has 0 saturated heterocycles. The third-order valence-electron chi connectivity index (χ3n) is 1.56. The van der Waals surface area contributed by atoms with E-state index >= 15 is 0 Å². The molecule has 5 nitrogen and oxygen atoms in total. The van der Waals surface area contributed by atoms with Crippen LogP contribution in [0.25, 0.3) is 0 Å². The molecule has 0 aliphatic rings. The van der Waals surface area contributed by atoms with E-state index in [1.54, 1.807) is 6.92 Å². The molecule has 0 amide bonds. The Kier molecular flexibility index (Phi) is 4.83. The molecule has 0 aromatic carbocycles. The molecular weight excluding hydrogens is 158 g/mol. The zero-order valence-electron chi connectivity index (χ0n) is 7.21. The maximum absolute atomic E-state index is 10.4. The molecule has 5 heteroatoms. The second-order valence-corrected chi connectivity index (χ2v) is 2.76. The number of nitrogens with two attached hydrogens (primary N) is 2. The van der Waals surface area contributed by atoms with Gasteiger partial charge in [-0.15, -0.1) is 0 Å². The van der Waals surface area contributed by atoms with Crippen molar-refractivity contribution in [3.63, 3.8) is 0 Å². The van der Waals surface area contributed by atoms with Gasteiger partial charge in [0.2, 0.25) is 0 Å². The molecule has 0 aromatic rings. The molecule has 6 N–H and O–H groups in total. The van der Waals surface area contributed by atoms with Gasteiger partial charge in [0.05, 0.1) is 12.5 Å². The van der Waals surface area contributed by atoms with Crippen molar-refractivity contribution in [2.45, 2.75) is 19.8 Å². The molecule has 0 radical (unpaired) electrons. The van der Waals surface area contributed by atoms with Gasteiger partial charge in [0.25, 0.3) is 0 Å². The van der Waals surface area contributed by atoms with Crippen LogP contribution in [-0.4, -0.2) is 23.6 Å². The van der Waals surface area contributed by atoms with Gasteiger partial charge in [0.1, 0.15) is 0 Å². The first-order chi connectivity index (χ1) is 5.54. The summed E-state index contributed by atoms with van der Waals surface area (Å²) in [6, 6.07) is 0. The third kappa shape index (κ3) is 5.52. The van der Waals surface area contributed by atoms with E-state index in [2.05, 4.69) is 4.99 Å². The Morgan fingerprint density at radius 1 is 1.58 bits per heavy atom. The van der Waals surface area contributed by atoms with Crippen LogP contribution in [0.4, 0.5) is 0 Å². The zero-order valence-corrected chi connectivity index (χ0v) is 7.21. The normalized spacial score (nSPS) is 12.1. The first-order valence-corrected chi connectivity index (χ1v) is 3.88. The molecule has 0 aromatic heterocycles. The zero-order chi connectivity index (χ0) is 9.56. The standard InChI is InChI=1S/C7H15N3O2/c1-5(6(11)12)3-2-4-10-7(8)9/h5H,2-4H2,1H3,(H,11,12)(H4,8,9,10)/p+1. The van der Waals surface area contributed by atoms with Gasteiger partial charge in [-0.05, 0) is 12.8 Å². The molecule has 1 atom stereocenters. The van der Waals surface area contributed by atoms with Gasteiger partial charge in [0.15, 0.2) is 0 Å². The maximum atomic E-state index is 10.4. The van der Waals surface area contributed by atoms with Crippen LogP contribution >= 0.6 is 0 Å². The minimum absolute atomic E-state index is 0.179. The SMILES string of the molecule is CC(CCC[NH+]=C(N)N)C(=O)O.